The van der Waals surface area contributed by atoms with Gasteiger partial charge in [0.1, 0.15) is 12.9 Å². The predicted octanol–water partition coefficient (Wildman–Crippen LogP) is 3.51. The highest BCUT2D eigenvalue weighted by Crippen LogP contribution is 2.14. The van der Waals surface area contributed by atoms with Crippen LogP contribution in [0.2, 0.25) is 0 Å². The maximum atomic E-state index is 4.64. The molecule has 0 saturated heterocycles. The van der Waals surface area contributed by atoms with E-state index in [4.69, 9.17) is 0 Å². The summed E-state index contributed by atoms with van der Waals surface area (Å²) in [6, 6.07) is 14.3. The first kappa shape index (κ1) is 20.4. The molecule has 6 nitrogen and oxygen atoms in total. The Hall–Kier alpha value is -1.94. The summed E-state index contributed by atoms with van der Waals surface area (Å²) in [4.78, 5) is 7.24. The topological polar surface area (TPSA) is 67.1 Å². The van der Waals surface area contributed by atoms with Crippen LogP contribution in [-0.4, -0.2) is 27.3 Å². The Balaban J connectivity index is 0.00000243. The largest absolute Gasteiger partial charge is 0.357 e. The van der Waals surface area contributed by atoms with E-state index < -0.39 is 0 Å². The lowest BCUT2D eigenvalue weighted by Crippen LogP contribution is -2.36. The number of hydrogen-bond acceptors (Lipinski definition) is 4. The normalized spacial score (nSPS) is 11.1. The van der Waals surface area contributed by atoms with Crippen LogP contribution < -0.4 is 10.6 Å². The van der Waals surface area contributed by atoms with Crippen LogP contribution in [0.4, 0.5) is 0 Å². The monoisotopic (exact) mass is 482 g/mol. The van der Waals surface area contributed by atoms with Gasteiger partial charge in [-0.1, -0.05) is 18.2 Å². The number of nitrogens with zero attached hydrogens (tertiary/aromatic N) is 4. The molecule has 0 bridgehead atoms. The highest BCUT2D eigenvalue weighted by Gasteiger charge is 2.06. The highest BCUT2D eigenvalue weighted by molar-refractivity contribution is 14.0. The molecule has 0 aliphatic carbocycles. The summed E-state index contributed by atoms with van der Waals surface area (Å²) < 4.78 is 1.95. The third-order valence-corrected chi connectivity index (χ3v) is 4.60. The number of para-hydroxylation sites is 1. The Morgan fingerprint density at radius 1 is 1.15 bits per heavy atom. The number of nitrogens with one attached hydrogen (secondary N) is 2. The molecular formula is C18H23IN6S. The number of rotatable bonds is 6. The fraction of sp³-hybridized carbons (Fsp3) is 0.278. The Morgan fingerprint density at radius 3 is 2.65 bits per heavy atom. The summed E-state index contributed by atoms with van der Waals surface area (Å²) in [5, 5.41) is 14.9. The number of hydrogen-bond donors (Lipinski definition) is 2. The van der Waals surface area contributed by atoms with Gasteiger partial charge in [0.05, 0.1) is 6.54 Å². The molecule has 2 N–H and O–H groups in total. The molecule has 0 amide bonds. The third kappa shape index (κ3) is 5.53. The van der Waals surface area contributed by atoms with E-state index in [9.17, 15) is 0 Å². The molecule has 0 spiro atoms. The minimum Gasteiger partial charge on any atom is -0.357 e. The molecule has 2 heterocycles. The molecule has 8 heteroatoms. The first-order valence-electron chi connectivity index (χ1n) is 8.28. The fourth-order valence-corrected chi connectivity index (χ4v) is 3.24. The van der Waals surface area contributed by atoms with Crippen LogP contribution in [0, 0.1) is 6.92 Å². The van der Waals surface area contributed by atoms with Crippen molar-refractivity contribution in [2.24, 2.45) is 4.99 Å². The summed E-state index contributed by atoms with van der Waals surface area (Å²) in [6.07, 6.45) is 1.72. The van der Waals surface area contributed by atoms with E-state index in [1.54, 1.807) is 17.7 Å². The molecule has 0 radical (unpaired) electrons. The minimum absolute atomic E-state index is 0. The van der Waals surface area contributed by atoms with Gasteiger partial charge < -0.3 is 10.6 Å². The first-order valence-corrected chi connectivity index (χ1v) is 9.09. The Labute approximate surface area is 174 Å². The third-order valence-electron chi connectivity index (χ3n) is 3.60. The average Bonchev–Trinajstić information content (AvgIpc) is 3.27. The van der Waals surface area contributed by atoms with Gasteiger partial charge in [0.2, 0.25) is 0 Å². The second kappa shape index (κ2) is 10.3. The fourth-order valence-electron chi connectivity index (χ4n) is 2.41. The van der Waals surface area contributed by atoms with Gasteiger partial charge in [0.25, 0.3) is 0 Å². The zero-order valence-corrected chi connectivity index (χ0v) is 18.0. The van der Waals surface area contributed by atoms with Gasteiger partial charge >= 0.3 is 0 Å². The SMILES string of the molecule is CCNC(=NCc1nncn1-c1ccccc1)NCc1ccc(C)s1.I. The van der Waals surface area contributed by atoms with Gasteiger partial charge in [-0.2, -0.15) is 0 Å². The van der Waals surface area contributed by atoms with Gasteiger partial charge in [0.15, 0.2) is 11.8 Å². The molecule has 3 aromatic rings. The Bertz CT molecular complexity index is 827. The van der Waals surface area contributed by atoms with Crippen molar-refractivity contribution in [3.63, 3.8) is 0 Å². The number of halogens is 1. The quantitative estimate of drug-likeness (QED) is 0.321. The molecular weight excluding hydrogens is 459 g/mol. The van der Waals surface area contributed by atoms with Crippen molar-refractivity contribution < 1.29 is 0 Å². The van der Waals surface area contributed by atoms with E-state index in [2.05, 4.69) is 51.8 Å². The standard InChI is InChI=1S/C18H22N6S.HI/c1-3-19-18(20-11-16-10-9-14(2)25-16)21-12-17-23-22-13-24(17)15-7-5-4-6-8-15;/h4-10,13H,3,11-12H2,1-2H3,(H2,19,20,21);1H. The van der Waals surface area contributed by atoms with Crippen molar-refractivity contribution in [3.8, 4) is 5.69 Å². The van der Waals surface area contributed by atoms with Crippen molar-refractivity contribution in [3.05, 3.63) is 64.4 Å². The maximum Gasteiger partial charge on any atom is 0.191 e. The second-order valence-electron chi connectivity index (χ2n) is 5.51. The van der Waals surface area contributed by atoms with Crippen molar-refractivity contribution in [2.75, 3.05) is 6.54 Å². The molecule has 138 valence electrons. The van der Waals surface area contributed by atoms with Crippen molar-refractivity contribution in [1.29, 1.82) is 0 Å². The van der Waals surface area contributed by atoms with Gasteiger partial charge in [0, 0.05) is 22.0 Å². The van der Waals surface area contributed by atoms with Gasteiger partial charge in [-0.25, -0.2) is 4.99 Å². The number of aryl methyl sites for hydroxylation is 1. The van der Waals surface area contributed by atoms with Crippen LogP contribution in [-0.2, 0) is 13.1 Å². The molecule has 0 saturated carbocycles. The average molecular weight is 482 g/mol. The highest BCUT2D eigenvalue weighted by atomic mass is 127. The molecule has 0 fully saturated rings. The molecule has 0 aliphatic heterocycles. The van der Waals surface area contributed by atoms with Crippen molar-refractivity contribution in [1.82, 2.24) is 25.4 Å². The summed E-state index contributed by atoms with van der Waals surface area (Å²) in [5.74, 6) is 1.58. The van der Waals surface area contributed by atoms with Crippen LogP contribution in [0.1, 0.15) is 22.5 Å². The molecule has 3 rings (SSSR count). The molecule has 0 unspecified atom stereocenters. The summed E-state index contributed by atoms with van der Waals surface area (Å²) in [7, 11) is 0. The van der Waals surface area contributed by atoms with E-state index >= 15 is 0 Å². The number of benzene rings is 1. The Morgan fingerprint density at radius 2 is 1.96 bits per heavy atom. The zero-order valence-electron chi connectivity index (χ0n) is 14.8. The minimum atomic E-state index is 0. The smallest absolute Gasteiger partial charge is 0.191 e. The summed E-state index contributed by atoms with van der Waals surface area (Å²) >= 11 is 1.79. The number of aromatic nitrogens is 3. The van der Waals surface area contributed by atoms with E-state index in [1.807, 2.05) is 34.9 Å². The number of thiophene rings is 1. The number of guanidine groups is 1. The first-order chi connectivity index (χ1) is 12.3. The van der Waals surface area contributed by atoms with Crippen LogP contribution in [0.5, 0.6) is 0 Å². The molecule has 26 heavy (non-hydrogen) atoms. The van der Waals surface area contributed by atoms with Gasteiger partial charge in [-0.05, 0) is 38.1 Å². The van der Waals surface area contributed by atoms with Crippen molar-refractivity contribution in [2.45, 2.75) is 26.9 Å². The molecule has 0 atom stereocenters. The predicted molar refractivity (Wildman–Crippen MR) is 117 cm³/mol. The zero-order chi connectivity index (χ0) is 17.5. The molecule has 1 aromatic carbocycles. The van der Waals surface area contributed by atoms with Gasteiger partial charge in [-0.15, -0.1) is 45.5 Å². The summed E-state index contributed by atoms with van der Waals surface area (Å²) in [5.41, 5.74) is 1.03. The lowest BCUT2D eigenvalue weighted by molar-refractivity contribution is 0.798. The van der Waals surface area contributed by atoms with Crippen molar-refractivity contribution >= 4 is 41.3 Å². The van der Waals surface area contributed by atoms with Crippen LogP contribution >= 0.6 is 35.3 Å². The van der Waals surface area contributed by atoms with E-state index in [1.165, 1.54) is 9.75 Å². The summed E-state index contributed by atoms with van der Waals surface area (Å²) in [6.45, 7) is 6.19. The van der Waals surface area contributed by atoms with Crippen LogP contribution in [0.3, 0.4) is 0 Å². The molecule has 2 aromatic heterocycles. The molecule has 0 aliphatic rings. The lowest BCUT2D eigenvalue weighted by atomic mass is 10.3. The van der Waals surface area contributed by atoms with E-state index in [0.29, 0.717) is 6.54 Å². The second-order valence-corrected chi connectivity index (χ2v) is 6.89. The Kier molecular flexibility index (Phi) is 8.05. The number of aliphatic imine (C=N–C) groups is 1. The lowest BCUT2D eigenvalue weighted by Gasteiger charge is -2.10. The van der Waals surface area contributed by atoms with Crippen LogP contribution in [0.25, 0.3) is 5.69 Å². The van der Waals surface area contributed by atoms with E-state index in [-0.39, 0.29) is 24.0 Å². The van der Waals surface area contributed by atoms with E-state index in [0.717, 1.165) is 30.6 Å². The maximum absolute atomic E-state index is 4.64. The van der Waals surface area contributed by atoms with Crippen LogP contribution in [0.15, 0.2) is 53.8 Å². The van der Waals surface area contributed by atoms with Gasteiger partial charge in [-0.3, -0.25) is 4.57 Å².